The zero-order valence-electron chi connectivity index (χ0n) is 19.3. The highest BCUT2D eigenvalue weighted by atomic mass is 16.4. The highest BCUT2D eigenvalue weighted by Gasteiger charge is 2.20. The molecule has 33 heavy (non-hydrogen) atoms. The van der Waals surface area contributed by atoms with Crippen LogP contribution >= 0.6 is 0 Å². The first-order valence-electron chi connectivity index (χ1n) is 11.0. The summed E-state index contributed by atoms with van der Waals surface area (Å²) in [5.41, 5.74) is 1.17. The minimum absolute atomic E-state index is 0.0959. The van der Waals surface area contributed by atoms with Crippen molar-refractivity contribution in [3.8, 4) is 0 Å². The van der Waals surface area contributed by atoms with Gasteiger partial charge in [0, 0.05) is 30.1 Å². The predicted molar refractivity (Wildman–Crippen MR) is 127 cm³/mol. The Bertz CT molecular complexity index is 1030. The topological polar surface area (TPSA) is 141 Å². The molecule has 3 atom stereocenters. The first-order valence-corrected chi connectivity index (χ1v) is 11.0. The van der Waals surface area contributed by atoms with E-state index in [1.807, 2.05) is 6.92 Å². The van der Waals surface area contributed by atoms with Gasteiger partial charge in [0.1, 0.15) is 11.6 Å². The predicted octanol–water partition coefficient (Wildman–Crippen LogP) is 1.60. The first-order chi connectivity index (χ1) is 15.7. The Kier molecular flexibility index (Phi) is 10.2. The van der Waals surface area contributed by atoms with Crippen LogP contribution in [0.5, 0.6) is 0 Å². The molecular formula is C24H33N3O6. The maximum Gasteiger partial charge on any atom is 0.336 e. The van der Waals surface area contributed by atoms with Crippen LogP contribution in [-0.4, -0.2) is 53.4 Å². The van der Waals surface area contributed by atoms with Gasteiger partial charge in [0.2, 0.25) is 11.8 Å². The quantitative estimate of drug-likeness (QED) is 0.184. The van der Waals surface area contributed by atoms with E-state index >= 15 is 0 Å². The van der Waals surface area contributed by atoms with Crippen LogP contribution in [0.1, 0.15) is 38.7 Å². The summed E-state index contributed by atoms with van der Waals surface area (Å²) in [6, 6.07) is 5.50. The Morgan fingerprint density at radius 2 is 1.97 bits per heavy atom. The van der Waals surface area contributed by atoms with Gasteiger partial charge in [0.25, 0.3) is 0 Å². The number of unbranched alkanes of at least 4 members (excludes halogenated alkanes) is 1. The lowest BCUT2D eigenvalue weighted by atomic mass is 10.1. The maximum atomic E-state index is 12.8. The summed E-state index contributed by atoms with van der Waals surface area (Å²) in [6.45, 7) is 5.33. The second-order valence-electron chi connectivity index (χ2n) is 8.03. The Morgan fingerprint density at radius 3 is 2.64 bits per heavy atom. The monoisotopic (exact) mass is 459 g/mol. The SMILES string of the molecule is CC(=O)N[C@@H](CCCCN[C@H](/C=C/CO)[C@H](C)O)C(=O)Nc1ccc2c(C)cc(=O)oc2c1. The van der Waals surface area contributed by atoms with E-state index in [0.29, 0.717) is 30.7 Å². The van der Waals surface area contributed by atoms with Gasteiger partial charge in [0.15, 0.2) is 0 Å². The molecule has 0 aliphatic carbocycles. The third-order valence-corrected chi connectivity index (χ3v) is 5.18. The van der Waals surface area contributed by atoms with Crippen LogP contribution in [0.3, 0.4) is 0 Å². The van der Waals surface area contributed by atoms with Gasteiger partial charge in [-0.15, -0.1) is 0 Å². The molecular weight excluding hydrogens is 426 g/mol. The molecule has 180 valence electrons. The molecule has 1 heterocycles. The molecule has 0 fully saturated rings. The van der Waals surface area contributed by atoms with Gasteiger partial charge >= 0.3 is 5.63 Å². The number of rotatable bonds is 12. The molecule has 9 heteroatoms. The van der Waals surface area contributed by atoms with Gasteiger partial charge in [0.05, 0.1) is 18.8 Å². The number of carbonyl (C=O) groups is 2. The van der Waals surface area contributed by atoms with Crippen LogP contribution in [0.25, 0.3) is 11.0 Å². The lowest BCUT2D eigenvalue weighted by molar-refractivity contribution is -0.125. The lowest BCUT2D eigenvalue weighted by Gasteiger charge is -2.19. The average Bonchev–Trinajstić information content (AvgIpc) is 2.73. The molecule has 1 aromatic heterocycles. The summed E-state index contributed by atoms with van der Waals surface area (Å²) in [4.78, 5) is 36.0. The molecule has 0 unspecified atom stereocenters. The second-order valence-corrected chi connectivity index (χ2v) is 8.03. The van der Waals surface area contributed by atoms with Gasteiger partial charge < -0.3 is 30.6 Å². The van der Waals surface area contributed by atoms with E-state index in [0.717, 1.165) is 17.4 Å². The first kappa shape index (κ1) is 26.2. The van der Waals surface area contributed by atoms with Crippen molar-refractivity contribution in [2.75, 3.05) is 18.5 Å². The number of carbonyl (C=O) groups excluding carboxylic acids is 2. The van der Waals surface area contributed by atoms with E-state index in [1.165, 1.54) is 13.0 Å². The van der Waals surface area contributed by atoms with Gasteiger partial charge in [-0.1, -0.05) is 12.2 Å². The van der Waals surface area contributed by atoms with E-state index in [1.54, 1.807) is 37.3 Å². The Hall–Kier alpha value is -3.01. The van der Waals surface area contributed by atoms with Crippen molar-refractivity contribution in [3.05, 3.63) is 52.4 Å². The van der Waals surface area contributed by atoms with E-state index in [4.69, 9.17) is 9.52 Å². The number of aryl methyl sites for hydroxylation is 1. The number of hydrogen-bond acceptors (Lipinski definition) is 7. The summed E-state index contributed by atoms with van der Waals surface area (Å²) < 4.78 is 5.22. The fourth-order valence-corrected chi connectivity index (χ4v) is 3.50. The average molecular weight is 460 g/mol. The number of benzene rings is 1. The van der Waals surface area contributed by atoms with Crippen LogP contribution in [-0.2, 0) is 9.59 Å². The molecule has 5 N–H and O–H groups in total. The molecule has 9 nitrogen and oxygen atoms in total. The van der Waals surface area contributed by atoms with Gasteiger partial charge in [-0.05, 0) is 57.4 Å². The maximum absolute atomic E-state index is 12.8. The standard InChI is InChI=1S/C24H33N3O6/c1-15-13-23(31)33-22-14-18(9-10-19(15)22)27-24(32)21(26-17(3)30)7-4-5-11-25-20(16(2)29)8-6-12-28/h6,8-10,13-14,16,20-21,25,28-29H,4-5,7,11-12H2,1-3H3,(H,26,30)(H,27,32)/b8-6+/t16-,20+,21-/m0/s1. The molecule has 1 aromatic carbocycles. The Balaban J connectivity index is 1.95. The third-order valence-electron chi connectivity index (χ3n) is 5.18. The van der Waals surface area contributed by atoms with Crippen molar-refractivity contribution >= 4 is 28.5 Å². The number of aliphatic hydroxyl groups is 2. The summed E-state index contributed by atoms with van der Waals surface area (Å²) in [5, 5.41) is 28.1. The van der Waals surface area contributed by atoms with E-state index in [2.05, 4.69) is 16.0 Å². The largest absolute Gasteiger partial charge is 0.423 e. The van der Waals surface area contributed by atoms with Gasteiger partial charge in [-0.2, -0.15) is 0 Å². The molecule has 0 aliphatic heterocycles. The number of amides is 2. The van der Waals surface area contributed by atoms with Gasteiger partial charge in [-0.25, -0.2) is 4.79 Å². The summed E-state index contributed by atoms with van der Waals surface area (Å²) in [7, 11) is 0. The lowest BCUT2D eigenvalue weighted by Crippen LogP contribution is -2.43. The van der Waals surface area contributed by atoms with Crippen molar-refractivity contribution in [3.63, 3.8) is 0 Å². The molecule has 0 saturated heterocycles. The van der Waals surface area contributed by atoms with Gasteiger partial charge in [-0.3, -0.25) is 9.59 Å². The van der Waals surface area contributed by atoms with Crippen molar-refractivity contribution < 1.29 is 24.2 Å². The number of hydrogen-bond donors (Lipinski definition) is 5. The van der Waals surface area contributed by atoms with Crippen LogP contribution < -0.4 is 21.6 Å². The molecule has 2 amide bonds. The molecule has 0 aliphatic rings. The number of fused-ring (bicyclic) bond motifs is 1. The van der Waals surface area contributed by atoms with Crippen molar-refractivity contribution in [1.29, 1.82) is 0 Å². The molecule has 0 saturated carbocycles. The summed E-state index contributed by atoms with van der Waals surface area (Å²) in [6.07, 6.45) is 4.49. The van der Waals surface area contributed by atoms with Crippen molar-refractivity contribution in [1.82, 2.24) is 10.6 Å². The smallest absolute Gasteiger partial charge is 0.336 e. The number of nitrogens with one attached hydrogen (secondary N) is 3. The zero-order chi connectivity index (χ0) is 24.4. The van der Waals surface area contributed by atoms with Crippen molar-refractivity contribution in [2.24, 2.45) is 0 Å². The fourth-order valence-electron chi connectivity index (χ4n) is 3.50. The second kappa shape index (κ2) is 12.9. The zero-order valence-corrected chi connectivity index (χ0v) is 19.3. The molecule has 0 radical (unpaired) electrons. The molecule has 0 spiro atoms. The van der Waals surface area contributed by atoms with Crippen LogP contribution in [0.4, 0.5) is 5.69 Å². The summed E-state index contributed by atoms with van der Waals surface area (Å²) in [5.74, 6) is -0.669. The minimum atomic E-state index is -0.718. The third kappa shape index (κ3) is 8.45. The van der Waals surface area contributed by atoms with Crippen LogP contribution in [0, 0.1) is 6.92 Å². The van der Waals surface area contributed by atoms with Crippen LogP contribution in [0.15, 0.2) is 45.6 Å². The van der Waals surface area contributed by atoms with Crippen molar-refractivity contribution in [2.45, 2.75) is 58.2 Å². The highest BCUT2D eigenvalue weighted by molar-refractivity contribution is 5.98. The van der Waals surface area contributed by atoms with E-state index < -0.39 is 17.8 Å². The molecule has 2 aromatic rings. The highest BCUT2D eigenvalue weighted by Crippen LogP contribution is 2.21. The molecule has 2 rings (SSSR count). The summed E-state index contributed by atoms with van der Waals surface area (Å²) >= 11 is 0. The minimum Gasteiger partial charge on any atom is -0.423 e. The molecule has 0 bridgehead atoms. The number of anilines is 1. The Labute approximate surface area is 192 Å². The van der Waals surface area contributed by atoms with Crippen LogP contribution in [0.2, 0.25) is 0 Å². The van der Waals surface area contributed by atoms with E-state index in [9.17, 15) is 19.5 Å². The fraction of sp³-hybridized carbons (Fsp3) is 0.458. The number of aliphatic hydroxyl groups excluding tert-OH is 2. The van der Waals surface area contributed by atoms with E-state index in [-0.39, 0.29) is 24.5 Å². The Morgan fingerprint density at radius 1 is 1.21 bits per heavy atom. The normalized spacial score (nSPS) is 14.2.